The van der Waals surface area contributed by atoms with E-state index in [9.17, 15) is 4.79 Å². The van der Waals surface area contributed by atoms with E-state index in [-0.39, 0.29) is 11.9 Å². The first kappa shape index (κ1) is 15.3. The van der Waals surface area contributed by atoms with Crippen LogP contribution >= 0.6 is 0 Å². The Morgan fingerprint density at radius 1 is 1.35 bits per heavy atom. The molecule has 1 saturated heterocycles. The Balaban J connectivity index is 1.75. The van der Waals surface area contributed by atoms with Crippen molar-refractivity contribution >= 4 is 12.0 Å². The van der Waals surface area contributed by atoms with Crippen LogP contribution in [0.1, 0.15) is 30.0 Å². The zero-order chi connectivity index (χ0) is 16.1. The van der Waals surface area contributed by atoms with Crippen LogP contribution < -0.4 is 4.74 Å². The number of methoxy groups -OCH3 is 1. The van der Waals surface area contributed by atoms with Crippen molar-refractivity contribution in [3.8, 4) is 5.75 Å². The molecule has 1 atom stereocenters. The van der Waals surface area contributed by atoms with E-state index >= 15 is 0 Å². The SMILES string of the molecule is COc1cccc(C2CCCN2C(=O)/C=C/c2cccnc2)c1. The number of likely N-dealkylation sites (tertiary alicyclic amines) is 1. The highest BCUT2D eigenvalue weighted by Gasteiger charge is 2.28. The molecule has 1 aliphatic rings. The summed E-state index contributed by atoms with van der Waals surface area (Å²) in [6, 6.07) is 11.9. The molecule has 1 unspecified atom stereocenters. The van der Waals surface area contributed by atoms with Crippen LogP contribution in [0.15, 0.2) is 54.9 Å². The standard InChI is InChI=1S/C19H20N2O2/c1-23-17-7-2-6-16(13-17)18-8-4-12-21(18)19(22)10-9-15-5-3-11-20-14-15/h2-3,5-7,9-11,13-14,18H,4,8,12H2,1H3/b10-9+. The molecular weight excluding hydrogens is 288 g/mol. The monoisotopic (exact) mass is 308 g/mol. The van der Waals surface area contributed by atoms with Crippen LogP contribution in [0.5, 0.6) is 5.75 Å². The molecule has 0 bridgehead atoms. The quantitative estimate of drug-likeness (QED) is 0.812. The Kier molecular flexibility index (Phi) is 4.71. The van der Waals surface area contributed by atoms with Crippen LogP contribution in [-0.4, -0.2) is 29.4 Å². The van der Waals surface area contributed by atoms with Gasteiger partial charge in [-0.05, 0) is 48.2 Å². The fraction of sp³-hybridized carbons (Fsp3) is 0.263. The number of amides is 1. The van der Waals surface area contributed by atoms with Gasteiger partial charge in [-0.3, -0.25) is 9.78 Å². The lowest BCUT2D eigenvalue weighted by atomic mass is 10.0. The molecule has 2 heterocycles. The summed E-state index contributed by atoms with van der Waals surface area (Å²) in [6.45, 7) is 0.790. The van der Waals surface area contributed by atoms with Crippen LogP contribution in [0, 0.1) is 0 Å². The molecule has 1 fully saturated rings. The lowest BCUT2D eigenvalue weighted by Gasteiger charge is -2.24. The lowest BCUT2D eigenvalue weighted by Crippen LogP contribution is -2.28. The highest BCUT2D eigenvalue weighted by molar-refractivity contribution is 5.92. The van der Waals surface area contributed by atoms with E-state index in [0.29, 0.717) is 0 Å². The number of rotatable bonds is 4. The Morgan fingerprint density at radius 2 is 2.26 bits per heavy atom. The van der Waals surface area contributed by atoms with Gasteiger partial charge in [-0.2, -0.15) is 0 Å². The highest BCUT2D eigenvalue weighted by Crippen LogP contribution is 2.33. The Bertz CT molecular complexity index is 698. The minimum atomic E-state index is 0.0409. The number of aromatic nitrogens is 1. The molecule has 1 aromatic carbocycles. The fourth-order valence-electron chi connectivity index (χ4n) is 2.96. The highest BCUT2D eigenvalue weighted by atomic mass is 16.5. The predicted octanol–water partition coefficient (Wildman–Crippen LogP) is 3.47. The summed E-state index contributed by atoms with van der Waals surface area (Å²) in [5.41, 5.74) is 2.06. The minimum absolute atomic E-state index is 0.0409. The molecule has 0 spiro atoms. The summed E-state index contributed by atoms with van der Waals surface area (Å²) in [4.78, 5) is 18.5. The van der Waals surface area contributed by atoms with Gasteiger partial charge >= 0.3 is 0 Å². The van der Waals surface area contributed by atoms with Gasteiger partial charge in [0, 0.05) is 25.0 Å². The molecular formula is C19H20N2O2. The second-order valence-corrected chi connectivity index (χ2v) is 5.59. The Labute approximate surface area is 136 Å². The van der Waals surface area contributed by atoms with E-state index in [1.807, 2.05) is 41.3 Å². The van der Waals surface area contributed by atoms with Gasteiger partial charge in [0.2, 0.25) is 5.91 Å². The predicted molar refractivity (Wildman–Crippen MR) is 90.0 cm³/mol. The average molecular weight is 308 g/mol. The zero-order valence-corrected chi connectivity index (χ0v) is 13.2. The maximum atomic E-state index is 12.5. The number of carbonyl (C=O) groups excluding carboxylic acids is 1. The normalized spacial score (nSPS) is 17.6. The number of pyridine rings is 1. The molecule has 4 nitrogen and oxygen atoms in total. The third kappa shape index (κ3) is 3.59. The van der Waals surface area contributed by atoms with E-state index in [4.69, 9.17) is 4.74 Å². The van der Waals surface area contributed by atoms with Crippen LogP contribution in [0.4, 0.5) is 0 Å². The lowest BCUT2D eigenvalue weighted by molar-refractivity contribution is -0.126. The number of benzene rings is 1. The molecule has 0 N–H and O–H groups in total. The van der Waals surface area contributed by atoms with Crippen molar-refractivity contribution in [3.63, 3.8) is 0 Å². The summed E-state index contributed by atoms with van der Waals surface area (Å²) in [6.07, 6.45) is 8.92. The van der Waals surface area contributed by atoms with Crippen molar-refractivity contribution < 1.29 is 9.53 Å². The summed E-state index contributed by atoms with van der Waals surface area (Å²) in [5.74, 6) is 0.867. The van der Waals surface area contributed by atoms with Gasteiger partial charge in [-0.15, -0.1) is 0 Å². The van der Waals surface area contributed by atoms with Gasteiger partial charge in [-0.25, -0.2) is 0 Å². The Morgan fingerprint density at radius 3 is 3.04 bits per heavy atom. The summed E-state index contributed by atoms with van der Waals surface area (Å²) in [5, 5.41) is 0. The summed E-state index contributed by atoms with van der Waals surface area (Å²) < 4.78 is 5.29. The number of ether oxygens (including phenoxy) is 1. The topological polar surface area (TPSA) is 42.4 Å². The molecule has 118 valence electrons. The zero-order valence-electron chi connectivity index (χ0n) is 13.2. The number of nitrogens with zero attached hydrogens (tertiary/aromatic N) is 2. The van der Waals surface area contributed by atoms with Crippen LogP contribution in [-0.2, 0) is 4.79 Å². The van der Waals surface area contributed by atoms with E-state index in [0.717, 1.165) is 36.3 Å². The molecule has 4 heteroatoms. The molecule has 0 radical (unpaired) electrons. The van der Waals surface area contributed by atoms with E-state index in [1.54, 1.807) is 25.6 Å². The largest absolute Gasteiger partial charge is 0.497 e. The van der Waals surface area contributed by atoms with Crippen molar-refractivity contribution in [2.75, 3.05) is 13.7 Å². The molecule has 1 amide bonds. The van der Waals surface area contributed by atoms with Crippen molar-refractivity contribution in [1.82, 2.24) is 9.88 Å². The number of hydrogen-bond donors (Lipinski definition) is 0. The minimum Gasteiger partial charge on any atom is -0.497 e. The molecule has 3 rings (SSSR count). The first-order chi connectivity index (χ1) is 11.3. The molecule has 0 saturated carbocycles. The van der Waals surface area contributed by atoms with Gasteiger partial charge in [0.1, 0.15) is 5.75 Å². The third-order valence-electron chi connectivity index (χ3n) is 4.12. The fourth-order valence-corrected chi connectivity index (χ4v) is 2.96. The van der Waals surface area contributed by atoms with Crippen LogP contribution in [0.25, 0.3) is 6.08 Å². The second-order valence-electron chi connectivity index (χ2n) is 5.59. The van der Waals surface area contributed by atoms with E-state index < -0.39 is 0 Å². The van der Waals surface area contributed by atoms with E-state index in [2.05, 4.69) is 11.1 Å². The third-order valence-corrected chi connectivity index (χ3v) is 4.12. The van der Waals surface area contributed by atoms with Crippen molar-refractivity contribution in [3.05, 3.63) is 66.0 Å². The van der Waals surface area contributed by atoms with Crippen LogP contribution in [0.2, 0.25) is 0 Å². The molecule has 2 aromatic rings. The maximum Gasteiger partial charge on any atom is 0.247 e. The first-order valence-electron chi connectivity index (χ1n) is 7.80. The van der Waals surface area contributed by atoms with E-state index in [1.165, 1.54) is 0 Å². The van der Waals surface area contributed by atoms with Gasteiger partial charge in [0.25, 0.3) is 0 Å². The number of hydrogen-bond acceptors (Lipinski definition) is 3. The van der Waals surface area contributed by atoms with Crippen molar-refractivity contribution in [2.24, 2.45) is 0 Å². The summed E-state index contributed by atoms with van der Waals surface area (Å²) >= 11 is 0. The smallest absolute Gasteiger partial charge is 0.247 e. The number of carbonyl (C=O) groups is 1. The molecule has 23 heavy (non-hydrogen) atoms. The van der Waals surface area contributed by atoms with Crippen molar-refractivity contribution in [1.29, 1.82) is 0 Å². The van der Waals surface area contributed by atoms with Gasteiger partial charge in [0.15, 0.2) is 0 Å². The van der Waals surface area contributed by atoms with Crippen molar-refractivity contribution in [2.45, 2.75) is 18.9 Å². The molecule has 1 aliphatic heterocycles. The van der Waals surface area contributed by atoms with Gasteiger partial charge in [-0.1, -0.05) is 18.2 Å². The molecule has 0 aliphatic carbocycles. The van der Waals surface area contributed by atoms with Gasteiger partial charge in [0.05, 0.1) is 13.2 Å². The average Bonchev–Trinajstić information content (AvgIpc) is 3.10. The summed E-state index contributed by atoms with van der Waals surface area (Å²) in [7, 11) is 1.66. The second kappa shape index (κ2) is 7.09. The first-order valence-corrected chi connectivity index (χ1v) is 7.80. The maximum absolute atomic E-state index is 12.5. The van der Waals surface area contributed by atoms with Crippen LogP contribution in [0.3, 0.4) is 0 Å². The molecule has 1 aromatic heterocycles. The Hall–Kier alpha value is -2.62. The van der Waals surface area contributed by atoms with Gasteiger partial charge < -0.3 is 9.64 Å².